The van der Waals surface area contributed by atoms with Gasteiger partial charge in [-0.25, -0.2) is 5.48 Å². The van der Waals surface area contributed by atoms with E-state index in [1.165, 1.54) is 0 Å². The van der Waals surface area contributed by atoms with Crippen molar-refractivity contribution in [2.24, 2.45) is 5.41 Å². The van der Waals surface area contributed by atoms with E-state index in [1.807, 2.05) is 35.4 Å². The Morgan fingerprint density at radius 2 is 2.11 bits per heavy atom. The van der Waals surface area contributed by atoms with Crippen LogP contribution in [0.4, 0.5) is 0 Å². The normalized spacial score (nSPS) is 20.9. The summed E-state index contributed by atoms with van der Waals surface area (Å²) in [6.07, 6.45) is 6.69. The summed E-state index contributed by atoms with van der Waals surface area (Å²) in [6.45, 7) is 1.38. The molecule has 0 radical (unpaired) electrons. The van der Waals surface area contributed by atoms with Crippen LogP contribution < -0.4 is 5.48 Å². The molecule has 1 aliphatic heterocycles. The maximum absolute atomic E-state index is 13.1. The Bertz CT molecular complexity index is 859. The van der Waals surface area contributed by atoms with Crippen molar-refractivity contribution in [3.8, 4) is 0 Å². The van der Waals surface area contributed by atoms with Gasteiger partial charge in [0.15, 0.2) is 0 Å². The average molecular weight is 385 g/mol. The minimum Gasteiger partial charge on any atom is -0.338 e. The second kappa shape index (κ2) is 7.70. The molecule has 2 aliphatic rings. The van der Waals surface area contributed by atoms with E-state index >= 15 is 0 Å². The Morgan fingerprint density at radius 3 is 2.85 bits per heavy atom. The molecule has 1 fully saturated rings. The number of fused-ring (bicyclic) bond motifs is 1. The van der Waals surface area contributed by atoms with Crippen molar-refractivity contribution in [2.75, 3.05) is 6.54 Å². The average Bonchev–Trinajstić information content (AvgIpc) is 2.97. The van der Waals surface area contributed by atoms with Gasteiger partial charge < -0.3 is 4.90 Å². The van der Waals surface area contributed by atoms with Gasteiger partial charge in [0.05, 0.1) is 5.41 Å². The molecule has 7 heteroatoms. The summed E-state index contributed by atoms with van der Waals surface area (Å²) in [5.41, 5.74) is 5.06. The molecule has 2 amide bonds. The number of nitrogens with one attached hydrogen (secondary N) is 1. The van der Waals surface area contributed by atoms with E-state index in [4.69, 9.17) is 5.21 Å². The zero-order chi connectivity index (χ0) is 18.1. The van der Waals surface area contributed by atoms with E-state index in [1.54, 1.807) is 17.7 Å². The molecule has 0 bridgehead atoms. The van der Waals surface area contributed by atoms with Crippen LogP contribution in [0.15, 0.2) is 42.7 Å². The first kappa shape index (κ1) is 19.4. The molecule has 1 aliphatic carbocycles. The smallest absolute Gasteiger partial charge is 0.274 e. The third-order valence-electron chi connectivity index (χ3n) is 5.67. The number of aromatic nitrogens is 1. The molecule has 2 N–H and O–H groups in total. The fourth-order valence-corrected chi connectivity index (χ4v) is 4.22. The van der Waals surface area contributed by atoms with Gasteiger partial charge in [0.2, 0.25) is 5.91 Å². The molecular weight excluding hydrogens is 362 g/mol. The van der Waals surface area contributed by atoms with Gasteiger partial charge in [0.1, 0.15) is 0 Å². The fraction of sp³-hybridized carbons (Fsp3) is 0.350. The number of carbonyl (C=O) groups is 2. The van der Waals surface area contributed by atoms with Crippen molar-refractivity contribution in [3.05, 3.63) is 65.0 Å². The van der Waals surface area contributed by atoms with E-state index in [0.29, 0.717) is 18.5 Å². The van der Waals surface area contributed by atoms with Gasteiger partial charge in [-0.2, -0.15) is 13.5 Å². The predicted octanol–water partition coefficient (Wildman–Crippen LogP) is 2.22. The molecule has 0 saturated carbocycles. The minimum absolute atomic E-state index is 0. The highest BCUT2D eigenvalue weighted by molar-refractivity contribution is 7.59. The van der Waals surface area contributed by atoms with Crippen LogP contribution in [-0.4, -0.2) is 33.5 Å². The van der Waals surface area contributed by atoms with Crippen LogP contribution in [0, 0.1) is 5.41 Å². The van der Waals surface area contributed by atoms with Gasteiger partial charge in [-0.15, -0.1) is 0 Å². The zero-order valence-electron chi connectivity index (χ0n) is 14.9. The summed E-state index contributed by atoms with van der Waals surface area (Å²) in [6, 6.07) is 9.33. The molecule has 142 valence electrons. The highest BCUT2D eigenvalue weighted by atomic mass is 32.1. The lowest BCUT2D eigenvalue weighted by molar-refractivity contribution is -0.137. The van der Waals surface area contributed by atoms with Gasteiger partial charge in [0.25, 0.3) is 5.91 Å². The lowest BCUT2D eigenvalue weighted by Crippen LogP contribution is -2.38. The van der Waals surface area contributed by atoms with Gasteiger partial charge >= 0.3 is 0 Å². The molecule has 1 saturated heterocycles. The minimum atomic E-state index is -0.507. The van der Waals surface area contributed by atoms with Gasteiger partial charge in [0, 0.05) is 31.0 Å². The highest BCUT2D eigenvalue weighted by Crippen LogP contribution is 2.44. The van der Waals surface area contributed by atoms with Crippen molar-refractivity contribution in [2.45, 2.75) is 32.2 Å². The number of aryl methyl sites for hydroxylation is 1. The molecule has 1 atom stereocenters. The number of pyridine rings is 1. The molecule has 2 heterocycles. The number of hydroxylamine groups is 1. The van der Waals surface area contributed by atoms with Crippen LogP contribution in [0.2, 0.25) is 0 Å². The lowest BCUT2D eigenvalue weighted by atomic mass is 9.70. The first-order valence-electron chi connectivity index (χ1n) is 8.86. The van der Waals surface area contributed by atoms with E-state index in [0.717, 1.165) is 42.5 Å². The molecule has 1 aromatic heterocycles. The summed E-state index contributed by atoms with van der Waals surface area (Å²) in [7, 11) is 0. The number of rotatable bonds is 3. The monoisotopic (exact) mass is 385 g/mol. The first-order valence-corrected chi connectivity index (χ1v) is 8.86. The van der Waals surface area contributed by atoms with Crippen LogP contribution in [0.5, 0.6) is 0 Å². The number of likely N-dealkylation sites (tertiary alicyclic amines) is 1. The summed E-state index contributed by atoms with van der Waals surface area (Å²) in [4.78, 5) is 30.8. The quantitative estimate of drug-likeness (QED) is 0.627. The third-order valence-corrected chi connectivity index (χ3v) is 5.67. The van der Waals surface area contributed by atoms with Gasteiger partial charge in [-0.3, -0.25) is 19.8 Å². The maximum Gasteiger partial charge on any atom is 0.274 e. The van der Waals surface area contributed by atoms with Crippen molar-refractivity contribution in [3.63, 3.8) is 0 Å². The number of amides is 2. The van der Waals surface area contributed by atoms with Gasteiger partial charge in [-0.05, 0) is 60.6 Å². The molecule has 0 unspecified atom stereocenters. The highest BCUT2D eigenvalue weighted by Gasteiger charge is 2.47. The number of carbonyl (C=O) groups excluding carboxylic acids is 2. The molecule has 1 spiro atoms. The van der Waals surface area contributed by atoms with Crippen LogP contribution in [-0.2, 0) is 24.2 Å². The summed E-state index contributed by atoms with van der Waals surface area (Å²) < 4.78 is 0. The number of hydrogen-bond donors (Lipinski definition) is 2. The Morgan fingerprint density at radius 1 is 1.26 bits per heavy atom. The second-order valence-corrected chi connectivity index (χ2v) is 7.22. The molecule has 6 nitrogen and oxygen atoms in total. The van der Waals surface area contributed by atoms with Gasteiger partial charge in [-0.1, -0.05) is 12.1 Å². The van der Waals surface area contributed by atoms with Crippen molar-refractivity contribution >= 4 is 25.3 Å². The molecule has 27 heavy (non-hydrogen) atoms. The molecule has 2 aromatic rings. The Labute approximate surface area is 165 Å². The largest absolute Gasteiger partial charge is 0.338 e. The molecular formula is C20H23N3O3S. The third kappa shape index (κ3) is 3.57. The Balaban J connectivity index is 0.00000210. The topological polar surface area (TPSA) is 82.5 Å². The van der Waals surface area contributed by atoms with Crippen molar-refractivity contribution < 1.29 is 14.8 Å². The number of benzene rings is 1. The number of nitrogens with zero attached hydrogens (tertiary/aromatic N) is 2. The van der Waals surface area contributed by atoms with E-state index in [2.05, 4.69) is 4.98 Å². The molecule has 4 rings (SSSR count). The molecule has 1 aromatic carbocycles. The summed E-state index contributed by atoms with van der Waals surface area (Å²) >= 11 is 0. The van der Waals surface area contributed by atoms with Crippen LogP contribution in [0.1, 0.15) is 39.9 Å². The maximum atomic E-state index is 13.1. The first-order chi connectivity index (χ1) is 12.6. The SMILES string of the molecule is O=C(NO)c1ccc2c(c1)CC[C@@]1(CCN(Cc3cccnc3)C1=O)C2.S. The van der Waals surface area contributed by atoms with Crippen molar-refractivity contribution in [1.82, 2.24) is 15.4 Å². The Hall–Kier alpha value is -2.38. The van der Waals surface area contributed by atoms with Crippen LogP contribution >= 0.6 is 13.5 Å². The fourth-order valence-electron chi connectivity index (χ4n) is 4.22. The standard InChI is InChI=1S/C20H21N3O3.H2S/c24-18(22-26)16-3-4-17-11-20(6-5-15(17)10-16)7-9-23(19(20)25)13-14-2-1-8-21-12-14;/h1-4,8,10,12,26H,5-7,9,11,13H2,(H,22,24);1H2/t20-;/m1./s1. The van der Waals surface area contributed by atoms with E-state index in [9.17, 15) is 9.59 Å². The van der Waals surface area contributed by atoms with E-state index < -0.39 is 5.91 Å². The lowest BCUT2D eigenvalue weighted by Gasteiger charge is -2.33. The summed E-state index contributed by atoms with van der Waals surface area (Å²) in [5.74, 6) is -0.281. The predicted molar refractivity (Wildman–Crippen MR) is 105 cm³/mol. The van der Waals surface area contributed by atoms with Crippen LogP contribution in [0.3, 0.4) is 0 Å². The second-order valence-electron chi connectivity index (χ2n) is 7.22. The summed E-state index contributed by atoms with van der Waals surface area (Å²) in [5, 5.41) is 8.79. The van der Waals surface area contributed by atoms with Crippen molar-refractivity contribution in [1.29, 1.82) is 0 Å². The van der Waals surface area contributed by atoms with E-state index in [-0.39, 0.29) is 24.8 Å². The van der Waals surface area contributed by atoms with Crippen LogP contribution in [0.25, 0.3) is 0 Å². The number of hydrogen-bond acceptors (Lipinski definition) is 4. The zero-order valence-corrected chi connectivity index (χ0v) is 15.9. The Kier molecular flexibility index (Phi) is 5.53.